The maximum absolute atomic E-state index is 3.39. The molecule has 1 aromatic rings. The number of rotatable bonds is 4. The SMILES string of the molecule is CC(=Cc1ccsc1)CNC(C)C. The summed E-state index contributed by atoms with van der Waals surface area (Å²) in [6, 6.07) is 2.70. The molecule has 0 saturated heterocycles. The molecule has 1 heterocycles. The second kappa shape index (κ2) is 5.20. The minimum absolute atomic E-state index is 0.561. The van der Waals surface area contributed by atoms with Crippen molar-refractivity contribution in [2.45, 2.75) is 26.8 Å². The van der Waals surface area contributed by atoms with Gasteiger partial charge in [-0.3, -0.25) is 0 Å². The van der Waals surface area contributed by atoms with E-state index in [1.165, 1.54) is 11.1 Å². The highest BCUT2D eigenvalue weighted by atomic mass is 32.1. The van der Waals surface area contributed by atoms with Crippen LogP contribution in [0.1, 0.15) is 26.3 Å². The van der Waals surface area contributed by atoms with Crippen LogP contribution >= 0.6 is 11.3 Å². The largest absolute Gasteiger partial charge is 0.311 e. The fourth-order valence-corrected chi connectivity index (χ4v) is 1.68. The zero-order valence-corrected chi connectivity index (χ0v) is 9.32. The number of thiophene rings is 1. The van der Waals surface area contributed by atoms with Crippen molar-refractivity contribution >= 4 is 17.4 Å². The van der Waals surface area contributed by atoms with Crippen LogP contribution in [0.15, 0.2) is 22.4 Å². The van der Waals surface area contributed by atoms with Crippen molar-refractivity contribution in [3.05, 3.63) is 28.0 Å². The minimum Gasteiger partial charge on any atom is -0.311 e. The van der Waals surface area contributed by atoms with Crippen molar-refractivity contribution < 1.29 is 0 Å². The second-order valence-corrected chi connectivity index (χ2v) is 4.36. The standard InChI is InChI=1S/C11H17NS/c1-9(2)12-7-10(3)6-11-4-5-13-8-11/h4-6,8-9,12H,7H2,1-3H3. The zero-order valence-electron chi connectivity index (χ0n) is 8.50. The summed E-state index contributed by atoms with van der Waals surface area (Å²) in [5, 5.41) is 7.66. The van der Waals surface area contributed by atoms with Crippen molar-refractivity contribution in [1.29, 1.82) is 0 Å². The van der Waals surface area contributed by atoms with E-state index < -0.39 is 0 Å². The Hall–Kier alpha value is -0.600. The molecule has 0 atom stereocenters. The van der Waals surface area contributed by atoms with Crippen LogP contribution in [0, 0.1) is 0 Å². The average molecular weight is 195 g/mol. The van der Waals surface area contributed by atoms with Crippen molar-refractivity contribution in [2.75, 3.05) is 6.54 Å². The summed E-state index contributed by atoms with van der Waals surface area (Å²) in [6.45, 7) is 7.47. The van der Waals surface area contributed by atoms with Gasteiger partial charge in [0, 0.05) is 12.6 Å². The van der Waals surface area contributed by atoms with Gasteiger partial charge in [0.05, 0.1) is 0 Å². The maximum atomic E-state index is 3.39. The second-order valence-electron chi connectivity index (χ2n) is 3.58. The van der Waals surface area contributed by atoms with Gasteiger partial charge < -0.3 is 5.32 Å². The smallest absolute Gasteiger partial charge is 0.0167 e. The van der Waals surface area contributed by atoms with E-state index in [-0.39, 0.29) is 0 Å². The van der Waals surface area contributed by atoms with E-state index in [0.717, 1.165) is 6.54 Å². The predicted octanol–water partition coefficient (Wildman–Crippen LogP) is 3.15. The third-order valence-electron chi connectivity index (χ3n) is 1.75. The Balaban J connectivity index is 2.43. The number of hydrogen-bond donors (Lipinski definition) is 1. The molecule has 0 aliphatic heterocycles. The molecular weight excluding hydrogens is 178 g/mol. The van der Waals surface area contributed by atoms with Crippen LogP contribution in [0.2, 0.25) is 0 Å². The topological polar surface area (TPSA) is 12.0 Å². The lowest BCUT2D eigenvalue weighted by molar-refractivity contribution is 0.623. The molecule has 0 unspecified atom stereocenters. The van der Waals surface area contributed by atoms with E-state index in [1.807, 2.05) is 0 Å². The summed E-state index contributed by atoms with van der Waals surface area (Å²) >= 11 is 1.74. The normalized spacial score (nSPS) is 12.5. The lowest BCUT2D eigenvalue weighted by atomic mass is 10.2. The van der Waals surface area contributed by atoms with Crippen LogP contribution in [0.5, 0.6) is 0 Å². The van der Waals surface area contributed by atoms with Gasteiger partial charge in [-0.05, 0) is 29.3 Å². The van der Waals surface area contributed by atoms with Crippen LogP contribution in [0.3, 0.4) is 0 Å². The molecule has 1 aromatic heterocycles. The van der Waals surface area contributed by atoms with Gasteiger partial charge in [-0.1, -0.05) is 25.5 Å². The molecular formula is C11H17NS. The molecule has 0 fully saturated rings. The van der Waals surface area contributed by atoms with Gasteiger partial charge in [0.15, 0.2) is 0 Å². The van der Waals surface area contributed by atoms with Gasteiger partial charge in [0.25, 0.3) is 0 Å². The molecule has 0 saturated carbocycles. The van der Waals surface area contributed by atoms with Crippen molar-refractivity contribution in [3.8, 4) is 0 Å². The van der Waals surface area contributed by atoms with Gasteiger partial charge in [-0.15, -0.1) is 0 Å². The van der Waals surface area contributed by atoms with Crippen LogP contribution in [-0.4, -0.2) is 12.6 Å². The van der Waals surface area contributed by atoms with E-state index in [1.54, 1.807) is 11.3 Å². The Labute approximate surface area is 84.5 Å². The van der Waals surface area contributed by atoms with Crippen LogP contribution < -0.4 is 5.32 Å². The molecule has 1 nitrogen and oxygen atoms in total. The summed E-state index contributed by atoms with van der Waals surface area (Å²) < 4.78 is 0. The first-order valence-corrected chi connectivity index (χ1v) is 5.55. The summed E-state index contributed by atoms with van der Waals surface area (Å²) in [5.41, 5.74) is 2.69. The first-order valence-electron chi connectivity index (χ1n) is 4.61. The fraction of sp³-hybridized carbons (Fsp3) is 0.455. The van der Waals surface area contributed by atoms with E-state index in [0.29, 0.717) is 6.04 Å². The van der Waals surface area contributed by atoms with E-state index in [2.05, 4.69) is 49.0 Å². The molecule has 72 valence electrons. The Morgan fingerprint density at radius 2 is 2.38 bits per heavy atom. The van der Waals surface area contributed by atoms with Crippen LogP contribution in [0.4, 0.5) is 0 Å². The molecule has 1 N–H and O–H groups in total. The minimum atomic E-state index is 0.561. The predicted molar refractivity (Wildman–Crippen MR) is 61.1 cm³/mol. The fourth-order valence-electron chi connectivity index (χ4n) is 1.06. The van der Waals surface area contributed by atoms with Gasteiger partial charge in [0.1, 0.15) is 0 Å². The number of hydrogen-bond acceptors (Lipinski definition) is 2. The van der Waals surface area contributed by atoms with Crippen molar-refractivity contribution in [3.63, 3.8) is 0 Å². The first-order chi connectivity index (χ1) is 6.18. The maximum Gasteiger partial charge on any atom is 0.0167 e. The third-order valence-corrected chi connectivity index (χ3v) is 2.45. The molecule has 0 aliphatic carbocycles. The zero-order chi connectivity index (χ0) is 9.68. The molecule has 0 bridgehead atoms. The van der Waals surface area contributed by atoms with E-state index in [9.17, 15) is 0 Å². The van der Waals surface area contributed by atoms with Crippen LogP contribution in [-0.2, 0) is 0 Å². The molecule has 0 spiro atoms. The summed E-state index contributed by atoms with van der Waals surface area (Å²) in [7, 11) is 0. The summed E-state index contributed by atoms with van der Waals surface area (Å²) in [5.74, 6) is 0. The third kappa shape index (κ3) is 4.25. The Kier molecular flexibility index (Phi) is 4.19. The molecule has 2 heteroatoms. The van der Waals surface area contributed by atoms with Gasteiger partial charge >= 0.3 is 0 Å². The van der Waals surface area contributed by atoms with Crippen LogP contribution in [0.25, 0.3) is 6.08 Å². The highest BCUT2D eigenvalue weighted by Crippen LogP contribution is 2.10. The van der Waals surface area contributed by atoms with Gasteiger partial charge in [0.2, 0.25) is 0 Å². The molecule has 1 rings (SSSR count). The number of nitrogens with one attached hydrogen (secondary N) is 1. The lowest BCUT2D eigenvalue weighted by Crippen LogP contribution is -2.24. The molecule has 0 radical (unpaired) electrons. The van der Waals surface area contributed by atoms with E-state index in [4.69, 9.17) is 0 Å². The highest BCUT2D eigenvalue weighted by molar-refractivity contribution is 7.08. The Bertz CT molecular complexity index is 260. The summed E-state index contributed by atoms with van der Waals surface area (Å²) in [6.07, 6.45) is 2.23. The Morgan fingerprint density at radius 3 is 2.92 bits per heavy atom. The molecule has 0 aromatic carbocycles. The van der Waals surface area contributed by atoms with E-state index >= 15 is 0 Å². The average Bonchev–Trinajstić information content (AvgIpc) is 2.53. The lowest BCUT2D eigenvalue weighted by Gasteiger charge is -2.07. The van der Waals surface area contributed by atoms with Crippen molar-refractivity contribution in [1.82, 2.24) is 5.32 Å². The quantitative estimate of drug-likeness (QED) is 0.778. The molecule has 0 amide bonds. The monoisotopic (exact) mass is 195 g/mol. The first kappa shape index (κ1) is 10.5. The molecule has 13 heavy (non-hydrogen) atoms. The van der Waals surface area contributed by atoms with Gasteiger partial charge in [-0.2, -0.15) is 11.3 Å². The van der Waals surface area contributed by atoms with Gasteiger partial charge in [-0.25, -0.2) is 0 Å². The Morgan fingerprint density at radius 1 is 1.62 bits per heavy atom. The summed E-state index contributed by atoms with van der Waals surface area (Å²) in [4.78, 5) is 0. The molecule has 0 aliphatic rings. The van der Waals surface area contributed by atoms with Crippen molar-refractivity contribution in [2.24, 2.45) is 0 Å². The highest BCUT2D eigenvalue weighted by Gasteiger charge is 1.94.